The molecule has 0 amide bonds. The highest BCUT2D eigenvalue weighted by Gasteiger charge is 2.20. The minimum atomic E-state index is -4.40. The van der Waals surface area contributed by atoms with Crippen molar-refractivity contribution in [1.29, 1.82) is 0 Å². The van der Waals surface area contributed by atoms with Gasteiger partial charge >= 0.3 is 0 Å². The molecule has 0 spiro atoms. The topological polar surface area (TPSA) is 109 Å². The highest BCUT2D eigenvalue weighted by molar-refractivity contribution is 7.86. The Morgan fingerprint density at radius 2 is 1.12 bits per heavy atom. The molecule has 0 aliphatic carbocycles. The van der Waals surface area contributed by atoms with Crippen LogP contribution in [0.4, 0.5) is 0 Å². The maximum absolute atomic E-state index is 11.7. The smallest absolute Gasteiger partial charge is 0.282 e. The van der Waals surface area contributed by atoms with Crippen LogP contribution in [0.2, 0.25) is 0 Å². The summed E-state index contributed by atoms with van der Waals surface area (Å²) in [5, 5.41) is 3.44. The number of hydrogen-bond acceptors (Lipinski definition) is 4. The van der Waals surface area contributed by atoms with E-state index in [9.17, 15) is 25.9 Å². The van der Waals surface area contributed by atoms with Crippen LogP contribution in [0.5, 0.6) is 0 Å². The lowest BCUT2D eigenvalue weighted by molar-refractivity contribution is 0.481. The van der Waals surface area contributed by atoms with Crippen LogP contribution < -0.4 is 10.6 Å². The zero-order valence-corrected chi connectivity index (χ0v) is 19.2. The molecule has 0 saturated heterocycles. The summed E-state index contributed by atoms with van der Waals surface area (Å²) in [6.45, 7) is 0. The van der Waals surface area contributed by atoms with E-state index in [-0.39, 0.29) is 9.79 Å². The normalized spacial score (nSPS) is 12.3. The van der Waals surface area contributed by atoms with Gasteiger partial charge in [-0.2, -0.15) is 16.8 Å². The molecule has 2 N–H and O–H groups in total. The summed E-state index contributed by atoms with van der Waals surface area (Å²) in [5.41, 5.74) is 0.990. The molecule has 0 aliphatic heterocycles. The second kappa shape index (κ2) is 8.73. The molecule has 164 valence electrons. The highest BCUT2D eigenvalue weighted by Crippen LogP contribution is 2.39. The first-order valence-corrected chi connectivity index (χ1v) is 13.9. The molecule has 4 aromatic carbocycles. The van der Waals surface area contributed by atoms with Crippen LogP contribution in [0.15, 0.2) is 101 Å². The van der Waals surface area contributed by atoms with E-state index < -0.39 is 28.2 Å². The number of fused-ring (bicyclic) bond motifs is 1. The fraction of sp³-hybridized carbons (Fsp3) is 0.0435. The van der Waals surface area contributed by atoms with E-state index in [1.54, 1.807) is 24.3 Å². The standard InChI is InChI=1S/C23H19O6PS2/c24-31(25,26)22-9-3-7-20(14-22)30(21-8-4-10-23(15-21)32(27,28)29)16-17-11-12-18-5-1-2-6-19(18)13-17/h1-15H,16H2,(H,24,25,26)(H,27,28,29). The number of rotatable bonds is 6. The van der Waals surface area contributed by atoms with Crippen molar-refractivity contribution in [2.24, 2.45) is 0 Å². The van der Waals surface area contributed by atoms with Crippen molar-refractivity contribution in [1.82, 2.24) is 0 Å². The molecule has 0 radical (unpaired) electrons. The molecule has 4 rings (SSSR count). The molecule has 6 nitrogen and oxygen atoms in total. The zero-order valence-electron chi connectivity index (χ0n) is 16.7. The van der Waals surface area contributed by atoms with Crippen LogP contribution in [0.25, 0.3) is 10.8 Å². The minimum absolute atomic E-state index is 0.230. The van der Waals surface area contributed by atoms with E-state index in [1.165, 1.54) is 24.3 Å². The van der Waals surface area contributed by atoms with E-state index in [1.807, 2.05) is 42.5 Å². The van der Waals surface area contributed by atoms with Gasteiger partial charge in [0.15, 0.2) is 0 Å². The summed E-state index contributed by atoms with van der Waals surface area (Å²) < 4.78 is 65.7. The number of hydrogen-bond donors (Lipinski definition) is 2. The molecule has 0 saturated carbocycles. The average molecular weight is 487 g/mol. The first-order chi connectivity index (χ1) is 15.1. The van der Waals surface area contributed by atoms with Crippen molar-refractivity contribution >= 4 is 49.5 Å². The van der Waals surface area contributed by atoms with Gasteiger partial charge in [-0.25, -0.2) is 0 Å². The first kappa shape index (κ1) is 22.6. The van der Waals surface area contributed by atoms with Gasteiger partial charge in [0.05, 0.1) is 9.79 Å². The lowest BCUT2D eigenvalue weighted by Crippen LogP contribution is -2.16. The van der Waals surface area contributed by atoms with Crippen LogP contribution in [0.1, 0.15) is 5.56 Å². The quantitative estimate of drug-likeness (QED) is 0.315. The van der Waals surface area contributed by atoms with Gasteiger partial charge < -0.3 is 0 Å². The second-order valence-corrected chi connectivity index (χ2v) is 12.3. The summed E-state index contributed by atoms with van der Waals surface area (Å²) in [6, 6.07) is 25.9. The van der Waals surface area contributed by atoms with Crippen LogP contribution in [-0.4, -0.2) is 25.9 Å². The first-order valence-electron chi connectivity index (χ1n) is 9.52. The Morgan fingerprint density at radius 1 is 0.594 bits per heavy atom. The number of benzene rings is 4. The fourth-order valence-corrected chi connectivity index (χ4v) is 7.05. The minimum Gasteiger partial charge on any atom is -0.282 e. The summed E-state index contributed by atoms with van der Waals surface area (Å²) in [7, 11) is -10.1. The lowest BCUT2D eigenvalue weighted by Gasteiger charge is -2.20. The maximum Gasteiger partial charge on any atom is 0.294 e. The van der Waals surface area contributed by atoms with E-state index in [2.05, 4.69) is 0 Å². The summed E-state index contributed by atoms with van der Waals surface area (Å²) in [5.74, 6) is 0. The van der Waals surface area contributed by atoms with Gasteiger partial charge in [0.2, 0.25) is 0 Å². The lowest BCUT2D eigenvalue weighted by atomic mass is 10.1. The maximum atomic E-state index is 11.7. The molecular weight excluding hydrogens is 467 g/mol. The molecule has 32 heavy (non-hydrogen) atoms. The Morgan fingerprint density at radius 3 is 1.66 bits per heavy atom. The van der Waals surface area contributed by atoms with Crippen molar-refractivity contribution in [2.45, 2.75) is 16.0 Å². The van der Waals surface area contributed by atoms with Gasteiger partial charge in [-0.3, -0.25) is 9.11 Å². The SMILES string of the molecule is O=S(=O)(O)c1cccc(P(Cc2ccc3ccccc3c2)c2cccc(S(=O)(=O)O)c2)c1. The van der Waals surface area contributed by atoms with Crippen LogP contribution in [0, 0.1) is 0 Å². The fourth-order valence-electron chi connectivity index (χ4n) is 3.48. The van der Waals surface area contributed by atoms with Crippen molar-refractivity contribution in [3.8, 4) is 0 Å². The summed E-state index contributed by atoms with van der Waals surface area (Å²) in [6.07, 6.45) is 0.504. The van der Waals surface area contributed by atoms with Gasteiger partial charge in [0.25, 0.3) is 20.2 Å². The molecule has 0 aromatic heterocycles. The predicted octanol–water partition coefficient (Wildman–Crippen LogP) is 3.97. The third-order valence-corrected chi connectivity index (χ3v) is 9.19. The van der Waals surface area contributed by atoms with E-state index in [4.69, 9.17) is 0 Å². The summed E-state index contributed by atoms with van der Waals surface area (Å²) in [4.78, 5) is -0.459. The molecule has 0 fully saturated rings. The van der Waals surface area contributed by atoms with E-state index in [0.29, 0.717) is 16.8 Å². The Bertz CT molecular complexity index is 1440. The van der Waals surface area contributed by atoms with Gasteiger partial charge in [0, 0.05) is 6.16 Å². The predicted molar refractivity (Wildman–Crippen MR) is 126 cm³/mol. The van der Waals surface area contributed by atoms with Crippen LogP contribution in [0.3, 0.4) is 0 Å². The van der Waals surface area contributed by atoms with Gasteiger partial charge in [0.1, 0.15) is 0 Å². The highest BCUT2D eigenvalue weighted by atomic mass is 32.2. The molecule has 0 aliphatic rings. The molecular formula is C23H19O6PS2. The van der Waals surface area contributed by atoms with Gasteiger partial charge in [-0.1, -0.05) is 66.7 Å². The molecule has 0 heterocycles. The van der Waals surface area contributed by atoms with E-state index in [0.717, 1.165) is 16.3 Å². The second-order valence-electron chi connectivity index (χ2n) is 7.21. The Balaban J connectivity index is 1.85. The zero-order chi connectivity index (χ0) is 22.9. The Labute approximate surface area is 187 Å². The van der Waals surface area contributed by atoms with E-state index >= 15 is 0 Å². The van der Waals surface area contributed by atoms with Crippen LogP contribution in [-0.2, 0) is 26.4 Å². The largest absolute Gasteiger partial charge is 0.294 e. The third kappa shape index (κ3) is 5.06. The van der Waals surface area contributed by atoms with Crippen molar-refractivity contribution in [2.75, 3.05) is 0 Å². The van der Waals surface area contributed by atoms with Crippen LogP contribution >= 0.6 is 7.92 Å². The monoisotopic (exact) mass is 486 g/mol. The average Bonchev–Trinajstić information content (AvgIpc) is 2.76. The molecule has 0 atom stereocenters. The van der Waals surface area contributed by atoms with Crippen molar-refractivity contribution in [3.63, 3.8) is 0 Å². The Kier molecular flexibility index (Phi) is 6.16. The molecule has 9 heteroatoms. The molecule has 4 aromatic rings. The Hall–Kier alpha value is -2.61. The van der Waals surface area contributed by atoms with Gasteiger partial charge in [-0.15, -0.1) is 0 Å². The molecule has 0 unspecified atom stereocenters. The van der Waals surface area contributed by atoms with Gasteiger partial charge in [-0.05, 0) is 59.1 Å². The van der Waals surface area contributed by atoms with Crippen molar-refractivity contribution in [3.05, 3.63) is 96.6 Å². The summed E-state index contributed by atoms with van der Waals surface area (Å²) >= 11 is 0. The third-order valence-electron chi connectivity index (χ3n) is 5.01. The van der Waals surface area contributed by atoms with Crippen molar-refractivity contribution < 1.29 is 25.9 Å². The molecule has 0 bridgehead atoms.